The van der Waals surface area contributed by atoms with Gasteiger partial charge in [-0.1, -0.05) is 43.7 Å². The summed E-state index contributed by atoms with van der Waals surface area (Å²) in [4.78, 5) is 13.0. The molecule has 0 fully saturated rings. The molecule has 0 saturated carbocycles. The van der Waals surface area contributed by atoms with Crippen LogP contribution in [0.5, 0.6) is 0 Å². The first-order chi connectivity index (χ1) is 13.6. The van der Waals surface area contributed by atoms with Crippen molar-refractivity contribution in [2.45, 2.75) is 43.9 Å². The largest absolute Gasteiger partial charge is 0.325 e. The van der Waals surface area contributed by atoms with E-state index in [1.165, 1.54) is 12.1 Å². The minimum Gasteiger partial charge on any atom is -0.325 e. The maximum absolute atomic E-state index is 12.8. The lowest BCUT2D eigenvalue weighted by molar-refractivity contribution is -0.118. The first-order valence-corrected chi connectivity index (χ1v) is 12.6. The van der Waals surface area contributed by atoms with E-state index in [-0.39, 0.29) is 10.8 Å². The quantitative estimate of drug-likeness (QED) is 0.631. The van der Waals surface area contributed by atoms with E-state index in [0.29, 0.717) is 17.9 Å². The highest BCUT2D eigenvalue weighted by atomic mass is 32.2. The fourth-order valence-corrected chi connectivity index (χ4v) is 4.71. The van der Waals surface area contributed by atoms with E-state index in [4.69, 9.17) is 0 Å². The first-order valence-electron chi connectivity index (χ1n) is 9.35. The molecular formula is C21H28N2O4S2. The summed E-state index contributed by atoms with van der Waals surface area (Å²) in [5, 5.41) is 2.78. The van der Waals surface area contributed by atoms with Crippen molar-refractivity contribution in [3.63, 3.8) is 0 Å². The summed E-state index contributed by atoms with van der Waals surface area (Å²) in [6.07, 6.45) is 1.97. The Balaban J connectivity index is 2.20. The Hall–Kier alpha value is -2.03. The standard InChI is InChI=1S/C21H28N2O4S2/c1-15(2)12-20(23-29(26,27)19-10-8-16(3)9-11-19)21(24)22-18-7-5-6-17(13-18)14-28(4)25/h5-11,13,15,20,23H,12,14H2,1-4H3,(H,22,24). The Morgan fingerprint density at radius 2 is 1.76 bits per heavy atom. The number of nitrogens with one attached hydrogen (secondary N) is 2. The van der Waals surface area contributed by atoms with Crippen LogP contribution in [0.2, 0.25) is 0 Å². The molecule has 0 radical (unpaired) electrons. The average molecular weight is 437 g/mol. The van der Waals surface area contributed by atoms with Crippen molar-refractivity contribution < 1.29 is 17.4 Å². The number of carbonyl (C=O) groups is 1. The highest BCUT2D eigenvalue weighted by Gasteiger charge is 2.26. The second kappa shape index (κ2) is 10.1. The van der Waals surface area contributed by atoms with E-state index < -0.39 is 32.8 Å². The van der Waals surface area contributed by atoms with Gasteiger partial charge in [0.05, 0.1) is 4.90 Å². The van der Waals surface area contributed by atoms with Crippen molar-refractivity contribution in [3.8, 4) is 0 Å². The Morgan fingerprint density at radius 3 is 2.34 bits per heavy atom. The van der Waals surface area contributed by atoms with Crippen LogP contribution in [-0.2, 0) is 31.4 Å². The number of hydrogen-bond acceptors (Lipinski definition) is 4. The third kappa shape index (κ3) is 7.38. The number of benzene rings is 2. The van der Waals surface area contributed by atoms with E-state index >= 15 is 0 Å². The molecule has 158 valence electrons. The molecular weight excluding hydrogens is 408 g/mol. The van der Waals surface area contributed by atoms with Crippen LogP contribution >= 0.6 is 0 Å². The van der Waals surface area contributed by atoms with E-state index in [1.807, 2.05) is 26.8 Å². The van der Waals surface area contributed by atoms with E-state index in [2.05, 4.69) is 10.0 Å². The van der Waals surface area contributed by atoms with Crippen molar-refractivity contribution >= 4 is 32.4 Å². The van der Waals surface area contributed by atoms with Crippen LogP contribution in [0.25, 0.3) is 0 Å². The van der Waals surface area contributed by atoms with Gasteiger partial charge in [-0.2, -0.15) is 4.72 Å². The fourth-order valence-electron chi connectivity index (χ4n) is 2.86. The lowest BCUT2D eigenvalue weighted by Gasteiger charge is -2.20. The molecule has 0 heterocycles. The molecule has 2 aromatic rings. The van der Waals surface area contributed by atoms with Crippen LogP contribution in [0.3, 0.4) is 0 Å². The highest BCUT2D eigenvalue weighted by molar-refractivity contribution is 7.89. The van der Waals surface area contributed by atoms with E-state index in [9.17, 15) is 17.4 Å². The Bertz CT molecular complexity index is 970. The zero-order chi connectivity index (χ0) is 21.6. The van der Waals surface area contributed by atoms with Gasteiger partial charge in [0.25, 0.3) is 0 Å². The zero-order valence-electron chi connectivity index (χ0n) is 17.1. The van der Waals surface area contributed by atoms with Gasteiger partial charge in [0.2, 0.25) is 15.9 Å². The SMILES string of the molecule is Cc1ccc(S(=O)(=O)NC(CC(C)C)C(=O)Nc2cccc(CS(C)=O)c2)cc1. The smallest absolute Gasteiger partial charge is 0.242 e. The van der Waals surface area contributed by atoms with Crippen molar-refractivity contribution in [3.05, 3.63) is 59.7 Å². The van der Waals surface area contributed by atoms with Gasteiger partial charge in [-0.15, -0.1) is 0 Å². The molecule has 0 saturated heterocycles. The molecule has 1 amide bonds. The van der Waals surface area contributed by atoms with E-state index in [1.54, 1.807) is 36.6 Å². The minimum absolute atomic E-state index is 0.111. The molecule has 8 heteroatoms. The topological polar surface area (TPSA) is 92.3 Å². The van der Waals surface area contributed by atoms with Gasteiger partial charge in [0.15, 0.2) is 0 Å². The molecule has 29 heavy (non-hydrogen) atoms. The van der Waals surface area contributed by atoms with Crippen LogP contribution in [0, 0.1) is 12.8 Å². The van der Waals surface area contributed by atoms with Gasteiger partial charge in [0, 0.05) is 28.5 Å². The average Bonchev–Trinajstić information content (AvgIpc) is 2.60. The Labute approximate surface area is 175 Å². The number of rotatable bonds is 9. The maximum atomic E-state index is 12.8. The normalized spacial score (nSPS) is 13.8. The van der Waals surface area contributed by atoms with Gasteiger partial charge in [-0.25, -0.2) is 8.42 Å². The lowest BCUT2D eigenvalue weighted by Crippen LogP contribution is -2.44. The Morgan fingerprint density at radius 1 is 1.10 bits per heavy atom. The number of hydrogen-bond donors (Lipinski definition) is 2. The predicted octanol–water partition coefficient (Wildman–Crippen LogP) is 3.21. The number of amides is 1. The van der Waals surface area contributed by atoms with Gasteiger partial charge in [-0.3, -0.25) is 9.00 Å². The number of sulfonamides is 1. The van der Waals surface area contributed by atoms with Crippen LogP contribution in [0.4, 0.5) is 5.69 Å². The molecule has 2 N–H and O–H groups in total. The van der Waals surface area contributed by atoms with Crippen LogP contribution in [-0.4, -0.2) is 30.8 Å². The molecule has 2 aromatic carbocycles. The Kier molecular flexibility index (Phi) is 8.13. The third-order valence-electron chi connectivity index (χ3n) is 4.22. The van der Waals surface area contributed by atoms with Gasteiger partial charge < -0.3 is 5.32 Å². The van der Waals surface area contributed by atoms with Crippen molar-refractivity contribution in [2.24, 2.45) is 5.92 Å². The molecule has 0 bridgehead atoms. The molecule has 2 atom stereocenters. The molecule has 2 unspecified atom stereocenters. The predicted molar refractivity (Wildman–Crippen MR) is 118 cm³/mol. The summed E-state index contributed by atoms with van der Waals surface area (Å²) in [6, 6.07) is 12.7. The molecule has 0 aliphatic rings. The molecule has 0 aromatic heterocycles. The van der Waals surface area contributed by atoms with Crippen molar-refractivity contribution in [1.82, 2.24) is 4.72 Å². The summed E-state index contributed by atoms with van der Waals surface area (Å²) in [7, 11) is -4.83. The van der Waals surface area contributed by atoms with Crippen molar-refractivity contribution in [2.75, 3.05) is 11.6 Å². The highest BCUT2D eigenvalue weighted by Crippen LogP contribution is 2.16. The zero-order valence-corrected chi connectivity index (χ0v) is 18.8. The third-order valence-corrected chi connectivity index (χ3v) is 6.44. The van der Waals surface area contributed by atoms with Crippen LogP contribution in [0.1, 0.15) is 31.4 Å². The monoisotopic (exact) mass is 436 g/mol. The molecule has 0 aliphatic carbocycles. The minimum atomic E-state index is -3.83. The van der Waals surface area contributed by atoms with Crippen molar-refractivity contribution in [1.29, 1.82) is 0 Å². The van der Waals surface area contributed by atoms with Crippen LogP contribution < -0.4 is 10.0 Å². The number of anilines is 1. The van der Waals surface area contributed by atoms with Gasteiger partial charge >= 0.3 is 0 Å². The number of aryl methyl sites for hydroxylation is 1. The molecule has 0 spiro atoms. The van der Waals surface area contributed by atoms with Gasteiger partial charge in [-0.05, 0) is 49.1 Å². The summed E-state index contributed by atoms with van der Waals surface area (Å²) < 4.78 is 39.5. The first kappa shape index (κ1) is 23.3. The molecule has 0 aliphatic heterocycles. The second-order valence-corrected chi connectivity index (χ2v) is 10.7. The number of carbonyl (C=O) groups excluding carboxylic acids is 1. The second-order valence-electron chi connectivity index (χ2n) is 7.52. The summed E-state index contributed by atoms with van der Waals surface area (Å²) in [5.74, 6) is 0.0728. The van der Waals surface area contributed by atoms with E-state index in [0.717, 1.165) is 11.1 Å². The summed E-state index contributed by atoms with van der Waals surface area (Å²) in [5.41, 5.74) is 2.33. The summed E-state index contributed by atoms with van der Waals surface area (Å²) >= 11 is 0. The van der Waals surface area contributed by atoms with Gasteiger partial charge in [0.1, 0.15) is 6.04 Å². The van der Waals surface area contributed by atoms with Crippen LogP contribution in [0.15, 0.2) is 53.4 Å². The maximum Gasteiger partial charge on any atom is 0.242 e. The molecule has 6 nitrogen and oxygen atoms in total. The summed E-state index contributed by atoms with van der Waals surface area (Å²) in [6.45, 7) is 5.73. The fraction of sp³-hybridized carbons (Fsp3) is 0.381. The lowest BCUT2D eigenvalue weighted by atomic mass is 10.0. The molecule has 2 rings (SSSR count).